The highest BCUT2D eigenvalue weighted by Crippen LogP contribution is 2.35. The molecule has 8 nitrogen and oxygen atoms in total. The zero-order chi connectivity index (χ0) is 30.0. The molecule has 0 saturated carbocycles. The fraction of sp³-hybridized carbons (Fsp3) is 0.343. The molecule has 226 valence electrons. The summed E-state index contributed by atoms with van der Waals surface area (Å²) in [5.74, 6) is 0.709. The molecular formula is C35H39NO7. The van der Waals surface area contributed by atoms with Gasteiger partial charge in [-0.25, -0.2) is 4.79 Å². The van der Waals surface area contributed by atoms with Crippen molar-refractivity contribution in [3.8, 4) is 5.75 Å². The van der Waals surface area contributed by atoms with Crippen molar-refractivity contribution >= 4 is 16.9 Å². The zero-order valence-corrected chi connectivity index (χ0v) is 24.6. The monoisotopic (exact) mass is 585 g/mol. The molecule has 4 aromatic rings. The molecule has 4 unspecified atom stereocenters. The number of ether oxygens (including phenoxy) is 5. The van der Waals surface area contributed by atoms with Gasteiger partial charge in [0, 0.05) is 32.2 Å². The molecule has 1 fully saturated rings. The summed E-state index contributed by atoms with van der Waals surface area (Å²) in [6, 6.07) is 32.2. The van der Waals surface area contributed by atoms with Crippen molar-refractivity contribution in [1.82, 2.24) is 4.90 Å². The highest BCUT2D eigenvalue weighted by Gasteiger charge is 2.35. The predicted molar refractivity (Wildman–Crippen MR) is 164 cm³/mol. The van der Waals surface area contributed by atoms with E-state index < -0.39 is 18.5 Å². The SMILES string of the molecule is COC(COCc1ccccc1)COc1ccc(C2CCN(C(=O)O)CC2OC(OC)c2ccc3ccccc3c2)cc1. The van der Waals surface area contributed by atoms with E-state index in [9.17, 15) is 9.90 Å². The fourth-order valence-electron chi connectivity index (χ4n) is 5.46. The molecule has 5 rings (SSSR count). The number of likely N-dealkylation sites (tertiary alicyclic amines) is 1. The maximum Gasteiger partial charge on any atom is 0.407 e. The topological polar surface area (TPSA) is 86.7 Å². The van der Waals surface area contributed by atoms with Crippen LogP contribution in [0.3, 0.4) is 0 Å². The minimum absolute atomic E-state index is 0.0131. The van der Waals surface area contributed by atoms with Crippen molar-refractivity contribution in [1.29, 1.82) is 0 Å². The summed E-state index contributed by atoms with van der Waals surface area (Å²) in [7, 11) is 3.26. The first-order valence-corrected chi connectivity index (χ1v) is 14.6. The van der Waals surface area contributed by atoms with E-state index in [0.29, 0.717) is 32.8 Å². The van der Waals surface area contributed by atoms with Crippen molar-refractivity contribution in [2.24, 2.45) is 0 Å². The van der Waals surface area contributed by atoms with E-state index in [-0.39, 0.29) is 18.6 Å². The summed E-state index contributed by atoms with van der Waals surface area (Å²) in [6.45, 7) is 1.98. The Morgan fingerprint density at radius 2 is 1.63 bits per heavy atom. The van der Waals surface area contributed by atoms with Crippen LogP contribution >= 0.6 is 0 Å². The lowest BCUT2D eigenvalue weighted by Gasteiger charge is -2.39. The first kappa shape index (κ1) is 30.5. The molecule has 0 aromatic heterocycles. The van der Waals surface area contributed by atoms with Gasteiger partial charge in [0.1, 0.15) is 18.5 Å². The Kier molecular flexibility index (Phi) is 10.6. The van der Waals surface area contributed by atoms with Gasteiger partial charge in [0.25, 0.3) is 0 Å². The minimum Gasteiger partial charge on any atom is -0.491 e. The molecule has 1 aliphatic heterocycles. The summed E-state index contributed by atoms with van der Waals surface area (Å²) in [5, 5.41) is 11.9. The zero-order valence-electron chi connectivity index (χ0n) is 24.6. The van der Waals surface area contributed by atoms with Gasteiger partial charge in [0.15, 0.2) is 6.29 Å². The smallest absolute Gasteiger partial charge is 0.407 e. The molecular weight excluding hydrogens is 546 g/mol. The number of carbonyl (C=O) groups is 1. The number of hydrogen-bond acceptors (Lipinski definition) is 6. The van der Waals surface area contributed by atoms with Crippen molar-refractivity contribution in [2.45, 2.75) is 37.4 Å². The summed E-state index contributed by atoms with van der Waals surface area (Å²) < 4.78 is 29.7. The van der Waals surface area contributed by atoms with Crippen LogP contribution in [0.2, 0.25) is 0 Å². The Bertz CT molecular complexity index is 1450. The number of methoxy groups -OCH3 is 2. The lowest BCUT2D eigenvalue weighted by atomic mass is 9.87. The van der Waals surface area contributed by atoms with Gasteiger partial charge in [-0.15, -0.1) is 0 Å². The third kappa shape index (κ3) is 8.12. The third-order valence-electron chi connectivity index (χ3n) is 7.88. The number of piperidine rings is 1. The van der Waals surface area contributed by atoms with Gasteiger partial charge >= 0.3 is 6.09 Å². The summed E-state index contributed by atoms with van der Waals surface area (Å²) in [4.78, 5) is 13.3. The number of carboxylic acid groups (broad SMARTS) is 1. The van der Waals surface area contributed by atoms with Crippen LogP contribution in [0.15, 0.2) is 97.1 Å². The molecule has 0 aliphatic carbocycles. The summed E-state index contributed by atoms with van der Waals surface area (Å²) in [5.41, 5.74) is 3.06. The van der Waals surface area contributed by atoms with Gasteiger partial charge in [0.05, 0.1) is 25.9 Å². The van der Waals surface area contributed by atoms with Gasteiger partial charge in [-0.1, -0.05) is 78.9 Å². The molecule has 1 amide bonds. The molecule has 1 aliphatic rings. The van der Waals surface area contributed by atoms with E-state index in [1.165, 1.54) is 4.90 Å². The van der Waals surface area contributed by atoms with Crippen LogP contribution in [-0.4, -0.2) is 68.8 Å². The minimum atomic E-state index is -0.948. The van der Waals surface area contributed by atoms with Crippen molar-refractivity contribution in [3.63, 3.8) is 0 Å². The van der Waals surface area contributed by atoms with Crippen molar-refractivity contribution in [3.05, 3.63) is 114 Å². The third-order valence-corrected chi connectivity index (χ3v) is 7.88. The molecule has 0 bridgehead atoms. The molecule has 0 spiro atoms. The molecule has 1 heterocycles. The molecule has 1 saturated heterocycles. The standard InChI is InChI=1S/C35H39NO7/c1-39-31(23-41-22-25-8-4-3-5-9-25)24-42-30-16-14-27(15-17-30)32-18-19-36(35(37)38)21-33(32)43-34(40-2)29-13-12-26-10-6-7-11-28(26)20-29/h3-17,20,31-34H,18-19,21-24H2,1-2H3,(H,37,38). The lowest BCUT2D eigenvalue weighted by molar-refractivity contribution is -0.174. The van der Waals surface area contributed by atoms with E-state index in [1.807, 2.05) is 78.9 Å². The van der Waals surface area contributed by atoms with Crippen LogP contribution in [0, 0.1) is 0 Å². The molecule has 4 aromatic carbocycles. The molecule has 1 N–H and O–H groups in total. The van der Waals surface area contributed by atoms with Gasteiger partial charge in [-0.2, -0.15) is 0 Å². The van der Waals surface area contributed by atoms with Crippen molar-refractivity contribution < 1.29 is 33.6 Å². The maximum atomic E-state index is 11.9. The maximum absolute atomic E-state index is 11.9. The predicted octanol–water partition coefficient (Wildman–Crippen LogP) is 6.65. The van der Waals surface area contributed by atoms with Crippen LogP contribution in [0.25, 0.3) is 10.8 Å². The number of hydrogen-bond donors (Lipinski definition) is 1. The molecule has 0 radical (unpaired) electrons. The van der Waals surface area contributed by atoms with Gasteiger partial charge in [-0.3, -0.25) is 0 Å². The average molecular weight is 586 g/mol. The first-order chi connectivity index (χ1) is 21.0. The highest BCUT2D eigenvalue weighted by molar-refractivity contribution is 5.83. The highest BCUT2D eigenvalue weighted by atomic mass is 16.7. The second-order valence-electron chi connectivity index (χ2n) is 10.7. The molecule has 43 heavy (non-hydrogen) atoms. The number of amides is 1. The lowest BCUT2D eigenvalue weighted by Crippen LogP contribution is -2.46. The molecule has 8 heteroatoms. The Labute approximate surface area is 252 Å². The van der Waals surface area contributed by atoms with Gasteiger partial charge in [-0.05, 0) is 46.5 Å². The second kappa shape index (κ2) is 15.0. The quantitative estimate of drug-likeness (QED) is 0.176. The van der Waals surface area contributed by atoms with Crippen molar-refractivity contribution in [2.75, 3.05) is 40.5 Å². The summed E-state index contributed by atoms with van der Waals surface area (Å²) in [6.07, 6.45) is -1.55. The Morgan fingerprint density at radius 1 is 0.884 bits per heavy atom. The number of benzene rings is 4. The van der Waals surface area contributed by atoms with E-state index in [0.717, 1.165) is 33.2 Å². The Balaban J connectivity index is 1.22. The van der Waals surface area contributed by atoms with Crippen LogP contribution < -0.4 is 4.74 Å². The van der Waals surface area contributed by atoms with Gasteiger partial charge < -0.3 is 33.7 Å². The summed E-state index contributed by atoms with van der Waals surface area (Å²) >= 11 is 0. The van der Waals surface area contributed by atoms with Crippen LogP contribution in [0.4, 0.5) is 4.79 Å². The van der Waals surface area contributed by atoms with Crippen LogP contribution in [0.5, 0.6) is 5.75 Å². The normalized spacial score (nSPS) is 18.3. The fourth-order valence-corrected chi connectivity index (χ4v) is 5.46. The van der Waals surface area contributed by atoms with Crippen LogP contribution in [-0.2, 0) is 25.6 Å². The Morgan fingerprint density at radius 3 is 2.35 bits per heavy atom. The first-order valence-electron chi connectivity index (χ1n) is 14.6. The largest absolute Gasteiger partial charge is 0.491 e. The van der Waals surface area contributed by atoms with E-state index >= 15 is 0 Å². The number of rotatable bonds is 13. The number of nitrogens with zero attached hydrogens (tertiary/aromatic N) is 1. The number of fused-ring (bicyclic) bond motifs is 1. The average Bonchev–Trinajstić information content (AvgIpc) is 3.05. The van der Waals surface area contributed by atoms with E-state index in [1.54, 1.807) is 14.2 Å². The van der Waals surface area contributed by atoms with E-state index in [2.05, 4.69) is 18.2 Å². The van der Waals surface area contributed by atoms with Gasteiger partial charge in [0.2, 0.25) is 0 Å². The van der Waals surface area contributed by atoms with E-state index in [4.69, 9.17) is 23.7 Å². The second-order valence-corrected chi connectivity index (χ2v) is 10.7. The Hall–Kier alpha value is -3.95. The molecule has 4 atom stereocenters. The van der Waals surface area contributed by atoms with Crippen LogP contribution in [0.1, 0.15) is 35.3 Å².